The SMILES string of the molecule is CNCc1ccc(S(=O)(=O)N2CCC(C)CC2)cc1Cl. The van der Waals surface area contributed by atoms with E-state index in [-0.39, 0.29) is 4.90 Å². The first-order chi connectivity index (χ1) is 9.45. The monoisotopic (exact) mass is 316 g/mol. The number of halogens is 1. The van der Waals surface area contributed by atoms with Gasteiger partial charge in [-0.3, -0.25) is 0 Å². The molecule has 1 aromatic carbocycles. The van der Waals surface area contributed by atoms with Crippen LogP contribution in [0.5, 0.6) is 0 Å². The lowest BCUT2D eigenvalue weighted by Crippen LogP contribution is -2.37. The second-order valence-electron chi connectivity index (χ2n) is 5.37. The van der Waals surface area contributed by atoms with Gasteiger partial charge in [-0.05, 0) is 43.5 Å². The summed E-state index contributed by atoms with van der Waals surface area (Å²) in [6.45, 7) is 3.98. The topological polar surface area (TPSA) is 49.4 Å². The molecule has 1 aromatic rings. The first-order valence-electron chi connectivity index (χ1n) is 6.88. The van der Waals surface area contributed by atoms with Gasteiger partial charge < -0.3 is 5.32 Å². The van der Waals surface area contributed by atoms with Crippen molar-refractivity contribution in [1.29, 1.82) is 0 Å². The van der Waals surface area contributed by atoms with Crippen molar-refractivity contribution in [2.75, 3.05) is 20.1 Å². The smallest absolute Gasteiger partial charge is 0.243 e. The minimum absolute atomic E-state index is 0.289. The molecule has 1 aliphatic heterocycles. The summed E-state index contributed by atoms with van der Waals surface area (Å²) in [5.74, 6) is 0.600. The third-order valence-electron chi connectivity index (χ3n) is 3.77. The predicted octanol–water partition coefficient (Wildman–Crippen LogP) is 2.48. The van der Waals surface area contributed by atoms with Crippen LogP contribution in [0.4, 0.5) is 0 Å². The maximum Gasteiger partial charge on any atom is 0.243 e. The van der Waals surface area contributed by atoms with E-state index in [0.717, 1.165) is 18.4 Å². The van der Waals surface area contributed by atoms with Gasteiger partial charge in [-0.2, -0.15) is 4.31 Å². The van der Waals surface area contributed by atoms with Crippen LogP contribution in [0.2, 0.25) is 5.02 Å². The van der Waals surface area contributed by atoms with Gasteiger partial charge >= 0.3 is 0 Å². The van der Waals surface area contributed by atoms with Crippen LogP contribution in [0.1, 0.15) is 25.3 Å². The zero-order chi connectivity index (χ0) is 14.8. The molecule has 4 nitrogen and oxygen atoms in total. The Morgan fingerprint density at radius 2 is 2.00 bits per heavy atom. The maximum atomic E-state index is 12.6. The third kappa shape index (κ3) is 3.34. The first-order valence-corrected chi connectivity index (χ1v) is 8.70. The number of benzene rings is 1. The number of hydrogen-bond donors (Lipinski definition) is 1. The highest BCUT2D eigenvalue weighted by molar-refractivity contribution is 7.89. The number of hydrogen-bond acceptors (Lipinski definition) is 3. The number of rotatable bonds is 4. The number of nitrogens with one attached hydrogen (secondary N) is 1. The lowest BCUT2D eigenvalue weighted by Gasteiger charge is -2.29. The van der Waals surface area contributed by atoms with Crippen LogP contribution in [-0.4, -0.2) is 32.9 Å². The van der Waals surface area contributed by atoms with Gasteiger partial charge in [0.1, 0.15) is 0 Å². The maximum absolute atomic E-state index is 12.6. The summed E-state index contributed by atoms with van der Waals surface area (Å²) in [7, 11) is -1.58. The van der Waals surface area contributed by atoms with Crippen LogP contribution in [0, 0.1) is 5.92 Å². The van der Waals surface area contributed by atoms with E-state index >= 15 is 0 Å². The van der Waals surface area contributed by atoms with E-state index in [4.69, 9.17) is 11.6 Å². The zero-order valence-corrected chi connectivity index (χ0v) is 13.5. The molecule has 0 radical (unpaired) electrons. The fourth-order valence-corrected chi connectivity index (χ4v) is 4.21. The summed E-state index contributed by atoms with van der Waals surface area (Å²) in [5, 5.41) is 3.50. The summed E-state index contributed by atoms with van der Waals surface area (Å²) < 4.78 is 26.7. The van der Waals surface area contributed by atoms with Crippen molar-refractivity contribution < 1.29 is 8.42 Å². The molecule has 0 aliphatic carbocycles. The van der Waals surface area contributed by atoms with Gasteiger partial charge in [0, 0.05) is 24.7 Å². The second kappa shape index (κ2) is 6.43. The normalized spacial score (nSPS) is 18.4. The van der Waals surface area contributed by atoms with E-state index in [9.17, 15) is 8.42 Å². The Bertz CT molecular complexity index is 567. The van der Waals surface area contributed by atoms with Gasteiger partial charge in [0.15, 0.2) is 0 Å². The molecule has 2 rings (SSSR count). The van der Waals surface area contributed by atoms with E-state index in [1.807, 2.05) is 7.05 Å². The Kier molecular flexibility index (Phi) is 5.07. The minimum Gasteiger partial charge on any atom is -0.316 e. The van der Waals surface area contributed by atoms with Gasteiger partial charge in [0.05, 0.1) is 4.90 Å². The molecule has 0 bridgehead atoms. The van der Waals surface area contributed by atoms with Gasteiger partial charge in [-0.15, -0.1) is 0 Å². The summed E-state index contributed by atoms with van der Waals surface area (Å²) >= 11 is 6.15. The minimum atomic E-state index is -3.41. The summed E-state index contributed by atoms with van der Waals surface area (Å²) in [5.41, 5.74) is 0.903. The fourth-order valence-electron chi connectivity index (χ4n) is 2.40. The number of sulfonamides is 1. The molecule has 1 saturated heterocycles. The lowest BCUT2D eigenvalue weighted by molar-refractivity contribution is 0.288. The molecule has 1 N–H and O–H groups in total. The third-order valence-corrected chi connectivity index (χ3v) is 6.02. The van der Waals surface area contributed by atoms with E-state index in [1.54, 1.807) is 22.5 Å². The molecule has 20 heavy (non-hydrogen) atoms. The quantitative estimate of drug-likeness (QED) is 0.928. The second-order valence-corrected chi connectivity index (χ2v) is 7.72. The summed E-state index contributed by atoms with van der Waals surface area (Å²) in [6.07, 6.45) is 1.84. The van der Waals surface area contributed by atoms with Crippen molar-refractivity contribution in [3.05, 3.63) is 28.8 Å². The van der Waals surface area contributed by atoms with Crippen LogP contribution in [0.25, 0.3) is 0 Å². The Hall–Kier alpha value is -0.620. The molecule has 0 atom stereocenters. The molecule has 112 valence electrons. The van der Waals surface area contributed by atoms with Gasteiger partial charge in [-0.25, -0.2) is 8.42 Å². The largest absolute Gasteiger partial charge is 0.316 e. The lowest BCUT2D eigenvalue weighted by atomic mass is 10.0. The molecule has 1 fully saturated rings. The van der Waals surface area contributed by atoms with E-state index < -0.39 is 10.0 Å². The van der Waals surface area contributed by atoms with Crippen molar-refractivity contribution in [2.24, 2.45) is 5.92 Å². The van der Waals surface area contributed by atoms with Gasteiger partial charge in [0.25, 0.3) is 0 Å². The first kappa shape index (κ1) is 15.8. The van der Waals surface area contributed by atoms with Gasteiger partial charge in [-0.1, -0.05) is 24.6 Å². The fraction of sp³-hybridized carbons (Fsp3) is 0.571. The van der Waals surface area contributed by atoms with Crippen molar-refractivity contribution >= 4 is 21.6 Å². The summed E-state index contributed by atoms with van der Waals surface area (Å²) in [4.78, 5) is 0.289. The van der Waals surface area contributed by atoms with Gasteiger partial charge in [0.2, 0.25) is 10.0 Å². The van der Waals surface area contributed by atoms with Crippen molar-refractivity contribution in [3.8, 4) is 0 Å². The van der Waals surface area contributed by atoms with E-state index in [1.165, 1.54) is 0 Å². The molecule has 1 heterocycles. The molecule has 0 aromatic heterocycles. The number of nitrogens with zero attached hydrogens (tertiary/aromatic N) is 1. The van der Waals surface area contributed by atoms with Crippen LogP contribution in [0.15, 0.2) is 23.1 Å². The molecule has 6 heteroatoms. The average Bonchev–Trinajstić information content (AvgIpc) is 2.41. The highest BCUT2D eigenvalue weighted by Crippen LogP contribution is 2.26. The zero-order valence-electron chi connectivity index (χ0n) is 11.9. The standard InChI is InChI=1S/C14H21ClN2O2S/c1-11-5-7-17(8-6-11)20(18,19)13-4-3-12(10-16-2)14(15)9-13/h3-4,9,11,16H,5-8,10H2,1-2H3. The highest BCUT2D eigenvalue weighted by Gasteiger charge is 2.28. The number of piperidine rings is 1. The Balaban J connectivity index is 2.23. The highest BCUT2D eigenvalue weighted by atomic mass is 35.5. The Labute approximate surface area is 126 Å². The van der Waals surface area contributed by atoms with Crippen LogP contribution in [-0.2, 0) is 16.6 Å². The van der Waals surface area contributed by atoms with Crippen LogP contribution >= 0.6 is 11.6 Å². The van der Waals surface area contributed by atoms with Crippen molar-refractivity contribution in [1.82, 2.24) is 9.62 Å². The van der Waals surface area contributed by atoms with Crippen LogP contribution in [0.3, 0.4) is 0 Å². The molecular weight excluding hydrogens is 296 g/mol. The van der Waals surface area contributed by atoms with E-state index in [0.29, 0.717) is 30.6 Å². The Morgan fingerprint density at radius 1 is 1.35 bits per heavy atom. The molecule has 0 spiro atoms. The molecule has 1 aliphatic rings. The summed E-state index contributed by atoms with van der Waals surface area (Å²) in [6, 6.07) is 4.98. The molecular formula is C14H21ClN2O2S. The van der Waals surface area contributed by atoms with Crippen molar-refractivity contribution in [3.63, 3.8) is 0 Å². The Morgan fingerprint density at radius 3 is 2.55 bits per heavy atom. The van der Waals surface area contributed by atoms with Crippen LogP contribution < -0.4 is 5.32 Å². The predicted molar refractivity (Wildman–Crippen MR) is 81.4 cm³/mol. The average molecular weight is 317 g/mol. The molecule has 0 unspecified atom stereocenters. The van der Waals surface area contributed by atoms with E-state index in [2.05, 4.69) is 12.2 Å². The molecule has 0 amide bonds. The molecule has 0 saturated carbocycles. The van der Waals surface area contributed by atoms with Crippen molar-refractivity contribution in [2.45, 2.75) is 31.2 Å².